The first-order valence-corrected chi connectivity index (χ1v) is 8.78. The Morgan fingerprint density at radius 2 is 1.73 bits per heavy atom. The highest BCUT2D eigenvalue weighted by atomic mass is 35.5. The van der Waals surface area contributed by atoms with Crippen LogP contribution < -0.4 is 10.1 Å². The Hall–Kier alpha value is -1.83. The van der Waals surface area contributed by atoms with Gasteiger partial charge in [-0.25, -0.2) is 0 Å². The summed E-state index contributed by atoms with van der Waals surface area (Å²) in [7, 11) is 0. The van der Waals surface area contributed by atoms with Crippen LogP contribution in [0.1, 0.15) is 6.42 Å². The molecular weight excluding hydrogens is 358 g/mol. The number of carbonyl (C=O) groups is 2. The molecule has 0 radical (unpaired) electrons. The molecule has 1 unspecified atom stereocenters. The van der Waals surface area contributed by atoms with Crippen molar-refractivity contribution in [1.82, 2.24) is 15.1 Å². The molecule has 3 rings (SSSR count). The number of hydrogen-bond acceptors (Lipinski definition) is 5. The number of nitrogens with zero attached hydrogens (tertiary/aromatic N) is 2. The van der Waals surface area contributed by atoms with E-state index in [-0.39, 0.29) is 36.9 Å². The average molecular weight is 384 g/mol. The Morgan fingerprint density at radius 1 is 1.08 bits per heavy atom. The van der Waals surface area contributed by atoms with E-state index < -0.39 is 0 Å². The van der Waals surface area contributed by atoms with Crippen molar-refractivity contribution in [3.63, 3.8) is 0 Å². The van der Waals surface area contributed by atoms with Crippen molar-refractivity contribution >= 4 is 24.2 Å². The Morgan fingerprint density at radius 3 is 2.35 bits per heavy atom. The summed E-state index contributed by atoms with van der Waals surface area (Å²) in [5.41, 5.74) is 0. The molecule has 2 aliphatic heterocycles. The molecule has 0 spiro atoms. The Labute approximate surface area is 160 Å². The number of carbonyl (C=O) groups excluding carboxylic acids is 2. The zero-order chi connectivity index (χ0) is 17.5. The molecule has 0 aliphatic carbocycles. The van der Waals surface area contributed by atoms with Crippen molar-refractivity contribution in [3.05, 3.63) is 30.3 Å². The fourth-order valence-corrected chi connectivity index (χ4v) is 3.03. The molecule has 0 saturated carbocycles. The lowest BCUT2D eigenvalue weighted by Gasteiger charge is -2.35. The zero-order valence-electron chi connectivity index (χ0n) is 14.8. The predicted molar refractivity (Wildman–Crippen MR) is 99.6 cm³/mol. The Balaban J connectivity index is 0.00000243. The summed E-state index contributed by atoms with van der Waals surface area (Å²) in [4.78, 5) is 28.2. The van der Waals surface area contributed by atoms with Gasteiger partial charge in [-0.15, -0.1) is 12.4 Å². The molecular formula is C18H26ClN3O4. The molecule has 1 N–H and O–H groups in total. The molecule has 2 fully saturated rings. The van der Waals surface area contributed by atoms with E-state index in [9.17, 15) is 9.59 Å². The van der Waals surface area contributed by atoms with E-state index in [1.165, 1.54) is 0 Å². The van der Waals surface area contributed by atoms with Crippen molar-refractivity contribution in [3.8, 4) is 5.75 Å². The second-order valence-electron chi connectivity index (χ2n) is 6.26. The van der Waals surface area contributed by atoms with Crippen LogP contribution in [-0.4, -0.2) is 80.2 Å². The second-order valence-corrected chi connectivity index (χ2v) is 6.26. The molecule has 2 saturated heterocycles. The summed E-state index contributed by atoms with van der Waals surface area (Å²) in [5.74, 6) is 0.739. The van der Waals surface area contributed by atoms with E-state index in [0.717, 1.165) is 13.1 Å². The van der Waals surface area contributed by atoms with Crippen LogP contribution in [0.15, 0.2) is 30.3 Å². The number of amides is 2. The summed E-state index contributed by atoms with van der Waals surface area (Å²) < 4.78 is 11.1. The van der Waals surface area contributed by atoms with E-state index >= 15 is 0 Å². The van der Waals surface area contributed by atoms with Gasteiger partial charge < -0.3 is 24.6 Å². The number of ether oxygens (including phenoxy) is 2. The first-order valence-electron chi connectivity index (χ1n) is 8.78. The SMILES string of the molecule is Cl.O=C(COc1ccccc1)N1CCN(C(=O)CC2CNCCO2)CC1. The monoisotopic (exact) mass is 383 g/mol. The maximum absolute atomic E-state index is 12.3. The van der Waals surface area contributed by atoms with Gasteiger partial charge in [0.2, 0.25) is 5.91 Å². The van der Waals surface area contributed by atoms with Gasteiger partial charge in [-0.1, -0.05) is 18.2 Å². The van der Waals surface area contributed by atoms with E-state index in [0.29, 0.717) is 45.0 Å². The second kappa shape index (κ2) is 10.4. The maximum atomic E-state index is 12.3. The van der Waals surface area contributed by atoms with Gasteiger partial charge in [0.25, 0.3) is 5.91 Å². The van der Waals surface area contributed by atoms with Crippen molar-refractivity contribution in [2.24, 2.45) is 0 Å². The van der Waals surface area contributed by atoms with Gasteiger partial charge in [-0.3, -0.25) is 9.59 Å². The lowest BCUT2D eigenvalue weighted by atomic mass is 10.2. The van der Waals surface area contributed by atoms with E-state index in [4.69, 9.17) is 9.47 Å². The van der Waals surface area contributed by atoms with Gasteiger partial charge in [0.1, 0.15) is 5.75 Å². The minimum absolute atomic E-state index is 0. The van der Waals surface area contributed by atoms with Crippen LogP contribution in [0.4, 0.5) is 0 Å². The van der Waals surface area contributed by atoms with Crippen molar-refractivity contribution in [2.45, 2.75) is 12.5 Å². The van der Waals surface area contributed by atoms with E-state index in [1.54, 1.807) is 4.90 Å². The van der Waals surface area contributed by atoms with Crippen LogP contribution in [0, 0.1) is 0 Å². The number of morpholine rings is 1. The van der Waals surface area contributed by atoms with Gasteiger partial charge in [0, 0.05) is 39.3 Å². The highest BCUT2D eigenvalue weighted by molar-refractivity contribution is 5.85. The van der Waals surface area contributed by atoms with Gasteiger partial charge in [-0.05, 0) is 12.1 Å². The highest BCUT2D eigenvalue weighted by Gasteiger charge is 2.26. The molecule has 2 aliphatic rings. The number of piperazine rings is 1. The third kappa shape index (κ3) is 5.86. The number of hydrogen-bond donors (Lipinski definition) is 1. The lowest BCUT2D eigenvalue weighted by Crippen LogP contribution is -2.52. The molecule has 1 atom stereocenters. The number of benzene rings is 1. The van der Waals surface area contributed by atoms with Crippen LogP contribution in [0.25, 0.3) is 0 Å². The smallest absolute Gasteiger partial charge is 0.260 e. The van der Waals surface area contributed by atoms with Crippen LogP contribution in [-0.2, 0) is 14.3 Å². The average Bonchev–Trinajstić information content (AvgIpc) is 2.68. The quantitative estimate of drug-likeness (QED) is 0.803. The van der Waals surface area contributed by atoms with Crippen molar-refractivity contribution < 1.29 is 19.1 Å². The fraction of sp³-hybridized carbons (Fsp3) is 0.556. The molecule has 1 aromatic rings. The largest absolute Gasteiger partial charge is 0.484 e. The van der Waals surface area contributed by atoms with Crippen LogP contribution in [0.3, 0.4) is 0 Å². The molecule has 8 heteroatoms. The minimum atomic E-state index is -0.0456. The summed E-state index contributed by atoms with van der Waals surface area (Å²) >= 11 is 0. The summed E-state index contributed by atoms with van der Waals surface area (Å²) in [6.45, 7) is 4.48. The first-order chi connectivity index (χ1) is 12.2. The van der Waals surface area contributed by atoms with E-state index in [2.05, 4.69) is 5.32 Å². The van der Waals surface area contributed by atoms with Crippen LogP contribution in [0.5, 0.6) is 5.75 Å². The van der Waals surface area contributed by atoms with Crippen molar-refractivity contribution in [1.29, 1.82) is 0 Å². The van der Waals surface area contributed by atoms with Gasteiger partial charge in [-0.2, -0.15) is 0 Å². The summed E-state index contributed by atoms with van der Waals surface area (Å²) in [6, 6.07) is 9.29. The number of nitrogens with one attached hydrogen (secondary N) is 1. The van der Waals surface area contributed by atoms with Crippen LogP contribution in [0.2, 0.25) is 0 Å². The molecule has 2 amide bonds. The zero-order valence-corrected chi connectivity index (χ0v) is 15.6. The van der Waals surface area contributed by atoms with Crippen LogP contribution >= 0.6 is 12.4 Å². The molecule has 26 heavy (non-hydrogen) atoms. The van der Waals surface area contributed by atoms with Crippen molar-refractivity contribution in [2.75, 3.05) is 52.5 Å². The normalized spacial score (nSPS) is 20.2. The van der Waals surface area contributed by atoms with Gasteiger partial charge in [0.15, 0.2) is 6.61 Å². The first kappa shape index (κ1) is 20.5. The number of rotatable bonds is 5. The third-order valence-corrected chi connectivity index (χ3v) is 4.50. The van der Waals surface area contributed by atoms with Gasteiger partial charge >= 0.3 is 0 Å². The van der Waals surface area contributed by atoms with E-state index in [1.807, 2.05) is 35.2 Å². The molecule has 7 nitrogen and oxygen atoms in total. The Kier molecular flexibility index (Phi) is 8.15. The molecule has 144 valence electrons. The number of halogens is 1. The standard InChI is InChI=1S/C18H25N3O4.ClH/c22-17(12-16-13-19-6-11-24-16)20-7-9-21(10-8-20)18(23)14-25-15-4-2-1-3-5-15;/h1-5,16,19H,6-14H2;1H. The molecule has 2 heterocycles. The molecule has 0 aromatic heterocycles. The molecule has 0 bridgehead atoms. The maximum Gasteiger partial charge on any atom is 0.260 e. The number of para-hydroxylation sites is 1. The fourth-order valence-electron chi connectivity index (χ4n) is 3.03. The lowest BCUT2D eigenvalue weighted by molar-refractivity contribution is -0.142. The minimum Gasteiger partial charge on any atom is -0.484 e. The molecule has 1 aromatic carbocycles. The summed E-state index contributed by atoms with van der Waals surface area (Å²) in [5, 5.41) is 3.23. The van der Waals surface area contributed by atoms with Gasteiger partial charge in [0.05, 0.1) is 19.1 Å². The third-order valence-electron chi connectivity index (χ3n) is 4.50. The highest BCUT2D eigenvalue weighted by Crippen LogP contribution is 2.11. The predicted octanol–water partition coefficient (Wildman–Crippen LogP) is 0.537. The Bertz CT molecular complexity index is 573. The summed E-state index contributed by atoms with van der Waals surface area (Å²) in [6.07, 6.45) is 0.359. The topological polar surface area (TPSA) is 71.1 Å².